The van der Waals surface area contributed by atoms with E-state index in [0.717, 1.165) is 44.8 Å². The number of benzene rings is 1. The zero-order chi connectivity index (χ0) is 17.1. The van der Waals surface area contributed by atoms with Crippen LogP contribution in [0.4, 0.5) is 0 Å². The van der Waals surface area contributed by atoms with E-state index in [1.807, 2.05) is 12.1 Å². The molecule has 25 heavy (non-hydrogen) atoms. The Morgan fingerprint density at radius 1 is 1.32 bits per heavy atom. The maximum absolute atomic E-state index is 6.10. The lowest BCUT2D eigenvalue weighted by Crippen LogP contribution is -2.65. The topological polar surface area (TPSA) is 56.7 Å². The fourth-order valence-electron chi connectivity index (χ4n) is 3.73. The van der Waals surface area contributed by atoms with Crippen molar-refractivity contribution >= 4 is 0 Å². The van der Waals surface area contributed by atoms with Crippen LogP contribution in [-0.2, 0) is 11.3 Å². The molecule has 1 aromatic carbocycles. The number of methoxy groups -OCH3 is 1. The number of aromatic nitrogens is 2. The number of hydrogen-bond acceptors (Lipinski definition) is 6. The first-order valence-corrected chi connectivity index (χ1v) is 8.67. The van der Waals surface area contributed by atoms with Crippen LogP contribution in [0.2, 0.25) is 0 Å². The SMILES string of the molecule is COc1cccc(CN2CC3(CC(Oc4cnccn4)CCO3)C2)c1. The van der Waals surface area contributed by atoms with Crippen LogP contribution in [0.25, 0.3) is 0 Å². The predicted molar refractivity (Wildman–Crippen MR) is 92.6 cm³/mol. The smallest absolute Gasteiger partial charge is 0.232 e. The maximum Gasteiger partial charge on any atom is 0.232 e. The molecule has 2 fully saturated rings. The molecule has 0 bridgehead atoms. The molecular formula is C19H23N3O3. The molecule has 1 spiro atoms. The van der Waals surface area contributed by atoms with E-state index in [1.165, 1.54) is 5.56 Å². The summed E-state index contributed by atoms with van der Waals surface area (Å²) in [5.74, 6) is 1.50. The van der Waals surface area contributed by atoms with Gasteiger partial charge in [0.05, 0.1) is 25.5 Å². The first kappa shape index (κ1) is 16.3. The van der Waals surface area contributed by atoms with Crippen molar-refractivity contribution < 1.29 is 14.2 Å². The molecule has 2 aromatic rings. The second-order valence-electron chi connectivity index (χ2n) is 6.80. The van der Waals surface area contributed by atoms with E-state index in [9.17, 15) is 0 Å². The van der Waals surface area contributed by atoms with Crippen LogP contribution >= 0.6 is 0 Å². The van der Waals surface area contributed by atoms with Crippen LogP contribution in [0.15, 0.2) is 42.9 Å². The normalized spacial score (nSPS) is 22.4. The number of hydrogen-bond donors (Lipinski definition) is 0. The molecule has 0 radical (unpaired) electrons. The van der Waals surface area contributed by atoms with E-state index >= 15 is 0 Å². The van der Waals surface area contributed by atoms with Crippen LogP contribution in [0, 0.1) is 0 Å². The first-order valence-electron chi connectivity index (χ1n) is 8.67. The fourth-order valence-corrected chi connectivity index (χ4v) is 3.73. The van der Waals surface area contributed by atoms with E-state index in [4.69, 9.17) is 14.2 Å². The Hall–Kier alpha value is -2.18. The highest BCUT2D eigenvalue weighted by molar-refractivity contribution is 5.28. The molecule has 0 saturated carbocycles. The monoisotopic (exact) mass is 341 g/mol. The van der Waals surface area contributed by atoms with E-state index in [0.29, 0.717) is 5.88 Å². The van der Waals surface area contributed by atoms with Crippen molar-refractivity contribution in [2.75, 3.05) is 26.8 Å². The van der Waals surface area contributed by atoms with Gasteiger partial charge in [0, 0.05) is 44.9 Å². The lowest BCUT2D eigenvalue weighted by Gasteiger charge is -2.53. The highest BCUT2D eigenvalue weighted by atomic mass is 16.5. The summed E-state index contributed by atoms with van der Waals surface area (Å²) in [6.07, 6.45) is 6.92. The second-order valence-corrected chi connectivity index (χ2v) is 6.80. The Morgan fingerprint density at radius 2 is 2.24 bits per heavy atom. The third-order valence-electron chi connectivity index (χ3n) is 4.84. The Labute approximate surface area is 147 Å². The lowest BCUT2D eigenvalue weighted by molar-refractivity contribution is -0.188. The summed E-state index contributed by atoms with van der Waals surface area (Å²) in [6.45, 7) is 3.52. The molecule has 2 aliphatic heterocycles. The van der Waals surface area contributed by atoms with Gasteiger partial charge in [-0.3, -0.25) is 9.88 Å². The van der Waals surface area contributed by atoms with Crippen LogP contribution in [0.3, 0.4) is 0 Å². The lowest BCUT2D eigenvalue weighted by atomic mass is 9.84. The average molecular weight is 341 g/mol. The van der Waals surface area contributed by atoms with Gasteiger partial charge in [-0.2, -0.15) is 0 Å². The van der Waals surface area contributed by atoms with Crippen molar-refractivity contribution in [3.8, 4) is 11.6 Å². The highest BCUT2D eigenvalue weighted by Gasteiger charge is 2.48. The van der Waals surface area contributed by atoms with E-state index in [-0.39, 0.29) is 11.7 Å². The second kappa shape index (κ2) is 6.98. The van der Waals surface area contributed by atoms with Crippen LogP contribution in [-0.4, -0.2) is 53.4 Å². The molecule has 1 aromatic heterocycles. The molecule has 3 heterocycles. The summed E-state index contributed by atoms with van der Waals surface area (Å²) in [7, 11) is 1.70. The van der Waals surface area contributed by atoms with Crippen molar-refractivity contribution in [3.05, 3.63) is 48.4 Å². The van der Waals surface area contributed by atoms with Gasteiger partial charge < -0.3 is 14.2 Å². The average Bonchev–Trinajstić information content (AvgIpc) is 2.62. The standard InChI is InChI=1S/C19H23N3O3/c1-23-16-4-2-3-15(9-16)12-22-13-19(14-22)10-17(5-8-24-19)25-18-11-20-6-7-21-18/h2-4,6-7,9,11,17H,5,8,10,12-14H2,1H3. The number of likely N-dealkylation sites (tertiary alicyclic amines) is 1. The predicted octanol–water partition coefficient (Wildman–Crippen LogP) is 2.30. The van der Waals surface area contributed by atoms with Gasteiger partial charge in [-0.05, 0) is 17.7 Å². The van der Waals surface area contributed by atoms with Gasteiger partial charge in [0.15, 0.2) is 0 Å². The summed E-state index contributed by atoms with van der Waals surface area (Å²) in [4.78, 5) is 10.7. The minimum Gasteiger partial charge on any atom is -0.497 e. The number of nitrogens with zero attached hydrogens (tertiary/aromatic N) is 3. The molecule has 132 valence electrons. The molecule has 0 N–H and O–H groups in total. The van der Waals surface area contributed by atoms with Crippen molar-refractivity contribution in [1.82, 2.24) is 14.9 Å². The molecule has 2 saturated heterocycles. The van der Waals surface area contributed by atoms with Gasteiger partial charge in [-0.15, -0.1) is 0 Å². The minimum atomic E-state index is -0.0794. The van der Waals surface area contributed by atoms with E-state index in [1.54, 1.807) is 25.7 Å². The largest absolute Gasteiger partial charge is 0.497 e. The summed E-state index contributed by atoms with van der Waals surface area (Å²) in [5.41, 5.74) is 1.18. The van der Waals surface area contributed by atoms with E-state index < -0.39 is 0 Å². The summed E-state index contributed by atoms with van der Waals surface area (Å²) >= 11 is 0. The van der Waals surface area contributed by atoms with Gasteiger partial charge in [-0.1, -0.05) is 12.1 Å². The highest BCUT2D eigenvalue weighted by Crippen LogP contribution is 2.36. The molecule has 6 nitrogen and oxygen atoms in total. The van der Waals surface area contributed by atoms with Crippen LogP contribution in [0.1, 0.15) is 18.4 Å². The molecule has 0 aliphatic carbocycles. The van der Waals surface area contributed by atoms with Crippen molar-refractivity contribution in [1.29, 1.82) is 0 Å². The first-order chi connectivity index (χ1) is 12.2. The quantitative estimate of drug-likeness (QED) is 0.832. The number of ether oxygens (including phenoxy) is 3. The van der Waals surface area contributed by atoms with Gasteiger partial charge in [0.2, 0.25) is 5.88 Å². The molecule has 1 unspecified atom stereocenters. The molecule has 6 heteroatoms. The zero-order valence-electron chi connectivity index (χ0n) is 14.4. The molecular weight excluding hydrogens is 318 g/mol. The maximum atomic E-state index is 6.10. The Morgan fingerprint density at radius 3 is 3.04 bits per heavy atom. The molecule has 4 rings (SSSR count). The molecule has 2 aliphatic rings. The summed E-state index contributed by atoms with van der Waals surface area (Å²) < 4.78 is 17.4. The third kappa shape index (κ3) is 3.75. The minimum absolute atomic E-state index is 0.0794. The molecule has 0 amide bonds. The van der Waals surface area contributed by atoms with Crippen LogP contribution < -0.4 is 9.47 Å². The van der Waals surface area contributed by atoms with Gasteiger partial charge in [0.25, 0.3) is 0 Å². The van der Waals surface area contributed by atoms with Gasteiger partial charge >= 0.3 is 0 Å². The van der Waals surface area contributed by atoms with E-state index in [2.05, 4.69) is 27.0 Å². The van der Waals surface area contributed by atoms with Crippen molar-refractivity contribution in [2.45, 2.75) is 31.1 Å². The zero-order valence-corrected chi connectivity index (χ0v) is 14.4. The van der Waals surface area contributed by atoms with Crippen molar-refractivity contribution in [2.24, 2.45) is 0 Å². The number of rotatable bonds is 5. The Bertz CT molecular complexity index is 704. The van der Waals surface area contributed by atoms with Gasteiger partial charge in [-0.25, -0.2) is 4.98 Å². The Kier molecular flexibility index (Phi) is 4.55. The van der Waals surface area contributed by atoms with Gasteiger partial charge in [0.1, 0.15) is 11.9 Å². The summed E-state index contributed by atoms with van der Waals surface area (Å²) in [5, 5.41) is 0. The molecule has 1 atom stereocenters. The third-order valence-corrected chi connectivity index (χ3v) is 4.84. The Balaban J connectivity index is 1.32. The fraction of sp³-hybridized carbons (Fsp3) is 0.474. The summed E-state index contributed by atoms with van der Waals surface area (Å²) in [6, 6.07) is 8.23. The van der Waals surface area contributed by atoms with Crippen LogP contribution in [0.5, 0.6) is 11.6 Å². The van der Waals surface area contributed by atoms with Crippen molar-refractivity contribution in [3.63, 3.8) is 0 Å².